The molecule has 0 aliphatic carbocycles. The van der Waals surface area contributed by atoms with Crippen LogP contribution in [0.4, 0.5) is 0 Å². The van der Waals surface area contributed by atoms with Crippen molar-refractivity contribution in [2.45, 2.75) is 6.42 Å². The number of sulfonamides is 1. The molecule has 2 rings (SSSR count). The van der Waals surface area contributed by atoms with Crippen LogP contribution in [0.5, 0.6) is 0 Å². The highest BCUT2D eigenvalue weighted by molar-refractivity contribution is 7.88. The summed E-state index contributed by atoms with van der Waals surface area (Å²) in [6.07, 6.45) is 4.69. The molecule has 2 amide bonds. The second-order valence-corrected chi connectivity index (χ2v) is 8.42. The van der Waals surface area contributed by atoms with E-state index in [2.05, 4.69) is 5.32 Å². The van der Waals surface area contributed by atoms with Crippen molar-refractivity contribution >= 4 is 39.5 Å². The Bertz CT molecular complexity index is 795. The minimum absolute atomic E-state index is 0.127. The maximum atomic E-state index is 12.2. The Morgan fingerprint density at radius 2 is 2.00 bits per heavy atom. The first-order valence-electron chi connectivity index (χ1n) is 8.20. The molecule has 1 N–H and O–H groups in total. The highest BCUT2D eigenvalue weighted by Crippen LogP contribution is 2.11. The van der Waals surface area contributed by atoms with Crippen LogP contribution in [0, 0.1) is 0 Å². The van der Waals surface area contributed by atoms with E-state index in [0.29, 0.717) is 31.1 Å². The molecular weight excluding hydrogens is 378 g/mol. The Morgan fingerprint density at radius 1 is 1.23 bits per heavy atom. The average Bonchev–Trinajstić information content (AvgIpc) is 2.84. The fraction of sp³-hybridized carbons (Fsp3) is 0.412. The quantitative estimate of drug-likeness (QED) is 0.747. The summed E-state index contributed by atoms with van der Waals surface area (Å²) in [6, 6.07) is 7.05. The lowest BCUT2D eigenvalue weighted by Crippen LogP contribution is -2.42. The number of carbonyl (C=O) groups is 2. The fourth-order valence-corrected chi connectivity index (χ4v) is 3.66. The van der Waals surface area contributed by atoms with Gasteiger partial charge in [0.2, 0.25) is 21.8 Å². The molecule has 1 saturated heterocycles. The number of amides is 2. The predicted octanol–water partition coefficient (Wildman–Crippen LogP) is 0.963. The third-order valence-electron chi connectivity index (χ3n) is 3.97. The molecular formula is C17H22ClN3O4S. The molecule has 0 aromatic heterocycles. The molecule has 0 saturated carbocycles. The summed E-state index contributed by atoms with van der Waals surface area (Å²) in [7, 11) is -3.25. The average molecular weight is 400 g/mol. The number of nitrogens with zero attached hydrogens (tertiary/aromatic N) is 2. The number of halogens is 1. The molecule has 9 heteroatoms. The maximum Gasteiger partial charge on any atom is 0.244 e. The number of benzene rings is 1. The molecule has 1 fully saturated rings. The molecule has 26 heavy (non-hydrogen) atoms. The van der Waals surface area contributed by atoms with Gasteiger partial charge in [-0.1, -0.05) is 23.7 Å². The highest BCUT2D eigenvalue weighted by Gasteiger charge is 2.23. The third-order valence-corrected chi connectivity index (χ3v) is 5.50. The van der Waals surface area contributed by atoms with E-state index < -0.39 is 10.0 Å². The van der Waals surface area contributed by atoms with E-state index in [4.69, 9.17) is 11.6 Å². The van der Waals surface area contributed by atoms with E-state index >= 15 is 0 Å². The van der Waals surface area contributed by atoms with Crippen LogP contribution in [0.15, 0.2) is 30.3 Å². The molecule has 0 spiro atoms. The third kappa shape index (κ3) is 6.44. The van der Waals surface area contributed by atoms with Gasteiger partial charge < -0.3 is 10.2 Å². The van der Waals surface area contributed by atoms with E-state index in [1.54, 1.807) is 29.2 Å². The summed E-state index contributed by atoms with van der Waals surface area (Å²) in [5.74, 6) is -0.615. The molecule has 1 aromatic rings. The summed E-state index contributed by atoms with van der Waals surface area (Å²) in [5.41, 5.74) is 0.785. The second-order valence-electron chi connectivity index (χ2n) is 6.00. The van der Waals surface area contributed by atoms with Crippen LogP contribution < -0.4 is 5.32 Å². The van der Waals surface area contributed by atoms with Gasteiger partial charge in [-0.2, -0.15) is 0 Å². The first-order valence-corrected chi connectivity index (χ1v) is 10.4. The van der Waals surface area contributed by atoms with Crippen LogP contribution in [-0.4, -0.2) is 68.4 Å². The topological polar surface area (TPSA) is 86.8 Å². The van der Waals surface area contributed by atoms with Crippen molar-refractivity contribution in [1.82, 2.24) is 14.5 Å². The van der Waals surface area contributed by atoms with Crippen molar-refractivity contribution in [2.24, 2.45) is 0 Å². The Morgan fingerprint density at radius 3 is 2.69 bits per heavy atom. The molecule has 1 heterocycles. The van der Waals surface area contributed by atoms with E-state index in [1.165, 1.54) is 10.4 Å². The normalized spacial score (nSPS) is 16.5. The zero-order chi connectivity index (χ0) is 19.2. The van der Waals surface area contributed by atoms with Gasteiger partial charge in [-0.15, -0.1) is 0 Å². The zero-order valence-corrected chi connectivity index (χ0v) is 16.1. The van der Waals surface area contributed by atoms with Crippen molar-refractivity contribution < 1.29 is 18.0 Å². The Kier molecular flexibility index (Phi) is 7.19. The molecule has 1 aliphatic rings. The van der Waals surface area contributed by atoms with Gasteiger partial charge in [-0.25, -0.2) is 12.7 Å². The predicted molar refractivity (Wildman–Crippen MR) is 101 cm³/mol. The number of hydrogen-bond acceptors (Lipinski definition) is 4. The zero-order valence-electron chi connectivity index (χ0n) is 14.5. The minimum Gasteiger partial charge on any atom is -0.343 e. The highest BCUT2D eigenvalue weighted by atomic mass is 35.5. The lowest BCUT2D eigenvalue weighted by molar-refractivity contribution is -0.131. The summed E-state index contributed by atoms with van der Waals surface area (Å²) >= 11 is 5.87. The van der Waals surface area contributed by atoms with Crippen LogP contribution in [0.25, 0.3) is 6.08 Å². The van der Waals surface area contributed by atoms with Gasteiger partial charge in [0, 0.05) is 37.3 Å². The van der Waals surface area contributed by atoms with Crippen molar-refractivity contribution in [3.63, 3.8) is 0 Å². The van der Waals surface area contributed by atoms with Gasteiger partial charge in [-0.05, 0) is 30.2 Å². The Labute approximate surface area is 158 Å². The first-order chi connectivity index (χ1) is 12.3. The lowest BCUT2D eigenvalue weighted by Gasteiger charge is -2.21. The van der Waals surface area contributed by atoms with Crippen molar-refractivity contribution in [3.05, 3.63) is 40.9 Å². The first kappa shape index (κ1) is 20.4. The van der Waals surface area contributed by atoms with Crippen LogP contribution in [0.2, 0.25) is 5.02 Å². The van der Waals surface area contributed by atoms with Crippen LogP contribution in [-0.2, 0) is 19.6 Å². The maximum absolute atomic E-state index is 12.2. The molecule has 1 aromatic carbocycles. The number of hydrogen-bond donors (Lipinski definition) is 1. The van der Waals surface area contributed by atoms with Gasteiger partial charge in [0.1, 0.15) is 0 Å². The van der Waals surface area contributed by atoms with E-state index in [-0.39, 0.29) is 24.9 Å². The molecule has 1 aliphatic heterocycles. The van der Waals surface area contributed by atoms with Gasteiger partial charge in [0.15, 0.2) is 0 Å². The van der Waals surface area contributed by atoms with E-state index in [0.717, 1.165) is 11.8 Å². The minimum atomic E-state index is -3.25. The molecule has 142 valence electrons. The van der Waals surface area contributed by atoms with E-state index in [9.17, 15) is 18.0 Å². The van der Waals surface area contributed by atoms with Crippen molar-refractivity contribution in [2.75, 3.05) is 39.0 Å². The van der Waals surface area contributed by atoms with Gasteiger partial charge in [0.25, 0.3) is 0 Å². The monoisotopic (exact) mass is 399 g/mol. The van der Waals surface area contributed by atoms with Crippen molar-refractivity contribution in [1.29, 1.82) is 0 Å². The largest absolute Gasteiger partial charge is 0.343 e. The molecule has 7 nitrogen and oxygen atoms in total. The number of nitrogens with one attached hydrogen (secondary N) is 1. The standard InChI is InChI=1S/C17H22ClN3O4S/c1-26(24,25)21-9-3-8-20(10-11-21)17(23)13-19-16(22)7-6-14-4-2-5-15(18)12-14/h2,4-7,12H,3,8-11,13H2,1H3,(H,19,22)/b7-6+. The van der Waals surface area contributed by atoms with Crippen LogP contribution >= 0.6 is 11.6 Å². The second kappa shape index (κ2) is 9.16. The molecule has 0 radical (unpaired) electrons. The number of carbonyl (C=O) groups excluding carboxylic acids is 2. The summed E-state index contributed by atoms with van der Waals surface area (Å²) in [5, 5.41) is 3.12. The smallest absolute Gasteiger partial charge is 0.244 e. The van der Waals surface area contributed by atoms with Gasteiger partial charge in [0.05, 0.1) is 12.8 Å². The summed E-state index contributed by atoms with van der Waals surface area (Å²) in [4.78, 5) is 25.7. The van der Waals surface area contributed by atoms with Gasteiger partial charge in [-0.3, -0.25) is 9.59 Å². The lowest BCUT2D eigenvalue weighted by atomic mass is 10.2. The summed E-state index contributed by atoms with van der Waals surface area (Å²) < 4.78 is 24.5. The molecule has 0 atom stereocenters. The number of rotatable bonds is 5. The molecule has 0 unspecified atom stereocenters. The SMILES string of the molecule is CS(=O)(=O)N1CCCN(C(=O)CNC(=O)/C=C/c2cccc(Cl)c2)CC1. The van der Waals surface area contributed by atoms with Crippen LogP contribution in [0.1, 0.15) is 12.0 Å². The van der Waals surface area contributed by atoms with Crippen LogP contribution in [0.3, 0.4) is 0 Å². The Balaban J connectivity index is 1.81. The van der Waals surface area contributed by atoms with Crippen molar-refractivity contribution in [3.8, 4) is 0 Å². The Hall–Kier alpha value is -1.90. The fourth-order valence-electron chi connectivity index (χ4n) is 2.59. The van der Waals surface area contributed by atoms with Gasteiger partial charge >= 0.3 is 0 Å². The van der Waals surface area contributed by atoms with E-state index in [1.807, 2.05) is 6.07 Å². The summed E-state index contributed by atoms with van der Waals surface area (Å²) in [6.45, 7) is 1.33. The molecule has 0 bridgehead atoms.